The van der Waals surface area contributed by atoms with E-state index in [4.69, 9.17) is 11.6 Å². The van der Waals surface area contributed by atoms with Crippen molar-refractivity contribution in [3.8, 4) is 11.4 Å². The fourth-order valence-corrected chi connectivity index (χ4v) is 3.93. The van der Waals surface area contributed by atoms with Gasteiger partial charge < -0.3 is 4.57 Å². The third-order valence-corrected chi connectivity index (χ3v) is 5.96. The summed E-state index contributed by atoms with van der Waals surface area (Å²) >= 11 is 5.93. The lowest BCUT2D eigenvalue weighted by molar-refractivity contribution is -0.141. The van der Waals surface area contributed by atoms with Crippen LogP contribution >= 0.6 is 11.6 Å². The summed E-state index contributed by atoms with van der Waals surface area (Å²) in [5.74, 6) is 0.0640. The number of nitrogens with zero attached hydrogens (tertiary/aromatic N) is 3. The molecule has 2 aromatic heterocycles. The molecule has 0 atom stereocenters. The van der Waals surface area contributed by atoms with Gasteiger partial charge in [-0.3, -0.25) is 0 Å². The summed E-state index contributed by atoms with van der Waals surface area (Å²) in [6.45, 7) is 1.49. The summed E-state index contributed by atoms with van der Waals surface area (Å²) in [7, 11) is -2.04. The van der Waals surface area contributed by atoms with E-state index in [1.165, 1.54) is 29.7 Å². The summed E-state index contributed by atoms with van der Waals surface area (Å²) in [5, 5.41) is 0.237. The number of rotatable bonds is 3. The van der Waals surface area contributed by atoms with Crippen molar-refractivity contribution in [3.05, 3.63) is 41.2 Å². The summed E-state index contributed by atoms with van der Waals surface area (Å²) in [4.78, 5) is 7.61. The molecule has 0 aliphatic heterocycles. The van der Waals surface area contributed by atoms with E-state index in [1.807, 2.05) is 0 Å². The highest BCUT2D eigenvalue weighted by molar-refractivity contribution is 7.91. The number of aromatic nitrogens is 3. The quantitative estimate of drug-likeness (QED) is 0.660. The molecule has 0 N–H and O–H groups in total. The first-order valence-corrected chi connectivity index (χ1v) is 9.50. The molecular weight excluding hydrogens is 391 g/mol. The molecule has 3 aromatic rings. The van der Waals surface area contributed by atoms with E-state index in [0.717, 1.165) is 12.3 Å². The minimum absolute atomic E-state index is 0.0186. The molecular formula is C16H13ClF3N3O2S. The zero-order valence-electron chi connectivity index (χ0n) is 13.7. The van der Waals surface area contributed by atoms with E-state index in [1.54, 1.807) is 7.05 Å². The van der Waals surface area contributed by atoms with Gasteiger partial charge in [0.1, 0.15) is 11.5 Å². The fourth-order valence-electron chi connectivity index (χ4n) is 2.58. The van der Waals surface area contributed by atoms with Gasteiger partial charge in [-0.25, -0.2) is 18.4 Å². The van der Waals surface area contributed by atoms with Crippen molar-refractivity contribution in [1.29, 1.82) is 0 Å². The molecule has 2 heterocycles. The van der Waals surface area contributed by atoms with Crippen LogP contribution in [0.1, 0.15) is 12.6 Å². The normalized spacial score (nSPS) is 12.7. The van der Waals surface area contributed by atoms with Crippen molar-refractivity contribution < 1.29 is 21.6 Å². The Balaban J connectivity index is 2.29. The van der Waals surface area contributed by atoms with Crippen LogP contribution in [0.5, 0.6) is 0 Å². The maximum Gasteiger partial charge on any atom is 0.433 e. The van der Waals surface area contributed by atoms with Gasteiger partial charge in [0.25, 0.3) is 0 Å². The minimum atomic E-state index is -4.59. The lowest BCUT2D eigenvalue weighted by atomic mass is 10.2. The Hall–Kier alpha value is -2.13. The van der Waals surface area contributed by atoms with Gasteiger partial charge in [0, 0.05) is 17.6 Å². The number of sulfone groups is 1. The van der Waals surface area contributed by atoms with Crippen LogP contribution in [-0.4, -0.2) is 28.7 Å². The van der Waals surface area contributed by atoms with E-state index < -0.39 is 21.7 Å². The molecule has 0 amide bonds. The van der Waals surface area contributed by atoms with Crippen molar-refractivity contribution in [1.82, 2.24) is 14.5 Å². The van der Waals surface area contributed by atoms with Crippen LogP contribution in [0.25, 0.3) is 22.4 Å². The smallest absolute Gasteiger partial charge is 0.326 e. The molecule has 0 saturated carbocycles. The lowest BCUT2D eigenvalue weighted by Gasteiger charge is -2.10. The van der Waals surface area contributed by atoms with Crippen LogP contribution in [0.2, 0.25) is 5.02 Å². The van der Waals surface area contributed by atoms with Gasteiger partial charge in [-0.2, -0.15) is 13.2 Å². The highest BCUT2D eigenvalue weighted by Gasteiger charge is 2.33. The second kappa shape index (κ2) is 6.24. The van der Waals surface area contributed by atoms with Crippen molar-refractivity contribution in [2.45, 2.75) is 18.0 Å². The lowest BCUT2D eigenvalue weighted by Crippen LogP contribution is -2.07. The number of benzene rings is 1. The van der Waals surface area contributed by atoms with Crippen LogP contribution in [0.4, 0.5) is 13.2 Å². The number of halogens is 4. The monoisotopic (exact) mass is 403 g/mol. The summed E-state index contributed by atoms with van der Waals surface area (Å²) in [6.07, 6.45) is -3.53. The molecule has 10 heteroatoms. The minimum Gasteiger partial charge on any atom is -0.326 e. The average Bonchev–Trinajstić information content (AvgIpc) is 2.90. The second-order valence-electron chi connectivity index (χ2n) is 5.59. The summed E-state index contributed by atoms with van der Waals surface area (Å²) in [6, 6.07) is 5.14. The standard InChI is InChI=1S/C16H13ClF3N3O2S/c1-3-26(24,25)13-6-9(17)4-5-10(13)15-22-11-7-14(16(18,19)20)21-8-12(11)23(15)2/h4-8H,3H2,1-2H3. The van der Waals surface area contributed by atoms with Crippen molar-refractivity contribution in [3.63, 3.8) is 0 Å². The molecule has 0 saturated heterocycles. The molecule has 1 aromatic carbocycles. The highest BCUT2D eigenvalue weighted by atomic mass is 35.5. The molecule has 0 aliphatic carbocycles. The number of hydrogen-bond donors (Lipinski definition) is 0. The first-order chi connectivity index (χ1) is 12.0. The van der Waals surface area contributed by atoms with E-state index in [-0.39, 0.29) is 32.6 Å². The molecule has 26 heavy (non-hydrogen) atoms. The van der Waals surface area contributed by atoms with E-state index in [2.05, 4.69) is 9.97 Å². The number of fused-ring (bicyclic) bond motifs is 1. The van der Waals surface area contributed by atoms with Crippen molar-refractivity contribution in [2.75, 3.05) is 5.75 Å². The van der Waals surface area contributed by atoms with Crippen molar-refractivity contribution >= 4 is 32.5 Å². The molecule has 0 radical (unpaired) electrons. The number of imidazole rings is 1. The van der Waals surface area contributed by atoms with Crippen LogP contribution in [0, 0.1) is 0 Å². The molecule has 0 spiro atoms. The second-order valence-corrected chi connectivity index (χ2v) is 8.28. The van der Waals surface area contributed by atoms with Gasteiger partial charge in [-0.15, -0.1) is 0 Å². The molecule has 0 fully saturated rings. The summed E-state index contributed by atoms with van der Waals surface area (Å²) in [5.41, 5.74) is -0.377. The molecule has 3 rings (SSSR count). The van der Waals surface area contributed by atoms with Crippen LogP contribution in [-0.2, 0) is 23.1 Å². The predicted molar refractivity (Wildman–Crippen MR) is 91.7 cm³/mol. The van der Waals surface area contributed by atoms with Gasteiger partial charge in [0.15, 0.2) is 9.84 Å². The third kappa shape index (κ3) is 3.16. The maximum atomic E-state index is 12.9. The van der Waals surface area contributed by atoms with Gasteiger partial charge in [0.2, 0.25) is 0 Å². The zero-order chi connectivity index (χ0) is 19.3. The third-order valence-electron chi connectivity index (χ3n) is 3.96. The number of aryl methyl sites for hydroxylation is 1. The van der Waals surface area contributed by atoms with E-state index >= 15 is 0 Å². The largest absolute Gasteiger partial charge is 0.433 e. The van der Waals surface area contributed by atoms with Crippen LogP contribution in [0.3, 0.4) is 0 Å². The van der Waals surface area contributed by atoms with Crippen molar-refractivity contribution in [2.24, 2.45) is 7.05 Å². The fraction of sp³-hybridized carbons (Fsp3) is 0.250. The Morgan fingerprint density at radius 1 is 1.23 bits per heavy atom. The highest BCUT2D eigenvalue weighted by Crippen LogP contribution is 2.34. The Kier molecular flexibility index (Phi) is 4.48. The number of alkyl halides is 3. The van der Waals surface area contributed by atoms with Crippen LogP contribution in [0.15, 0.2) is 35.4 Å². The number of hydrogen-bond acceptors (Lipinski definition) is 4. The Labute approximate surface area is 152 Å². The first-order valence-electron chi connectivity index (χ1n) is 7.47. The van der Waals surface area contributed by atoms with Gasteiger partial charge in [0.05, 0.1) is 27.9 Å². The average molecular weight is 404 g/mol. The van der Waals surface area contributed by atoms with Gasteiger partial charge in [-0.1, -0.05) is 18.5 Å². The number of pyridine rings is 1. The zero-order valence-corrected chi connectivity index (χ0v) is 15.2. The van der Waals surface area contributed by atoms with Crippen LogP contribution < -0.4 is 0 Å². The molecule has 0 bridgehead atoms. The maximum absolute atomic E-state index is 12.9. The van der Waals surface area contributed by atoms with E-state index in [9.17, 15) is 21.6 Å². The van der Waals surface area contributed by atoms with E-state index in [0.29, 0.717) is 5.52 Å². The Morgan fingerprint density at radius 3 is 2.54 bits per heavy atom. The summed E-state index contributed by atoms with van der Waals surface area (Å²) < 4.78 is 64.9. The molecule has 0 aliphatic rings. The van der Waals surface area contributed by atoms with Gasteiger partial charge >= 0.3 is 6.18 Å². The first kappa shape index (κ1) is 18.7. The van der Waals surface area contributed by atoms with Gasteiger partial charge in [-0.05, 0) is 24.3 Å². The molecule has 5 nitrogen and oxygen atoms in total. The Bertz CT molecular complexity index is 1110. The Morgan fingerprint density at radius 2 is 1.92 bits per heavy atom. The predicted octanol–water partition coefficient (Wildman–Crippen LogP) is 4.10. The molecule has 138 valence electrons. The SMILES string of the molecule is CCS(=O)(=O)c1cc(Cl)ccc1-c1nc2cc(C(F)(F)F)ncc2n1C. The topological polar surface area (TPSA) is 64.8 Å². The molecule has 0 unspecified atom stereocenters.